The topological polar surface area (TPSA) is 75.3 Å². The van der Waals surface area contributed by atoms with Crippen molar-refractivity contribution in [1.82, 2.24) is 15.6 Å². The minimum absolute atomic E-state index is 0.202. The predicted octanol–water partition coefficient (Wildman–Crippen LogP) is 4.27. The zero-order chi connectivity index (χ0) is 19.5. The number of fused-ring (bicyclic) bond motifs is 1. The minimum Gasteiger partial charge on any atom is -0.457 e. The highest BCUT2D eigenvalue weighted by atomic mass is 32.2. The van der Waals surface area contributed by atoms with Crippen LogP contribution in [-0.2, 0) is 0 Å². The molecule has 28 heavy (non-hydrogen) atoms. The second-order valence-electron chi connectivity index (χ2n) is 7.27. The molecule has 1 fully saturated rings. The first-order valence-electron chi connectivity index (χ1n) is 9.83. The van der Waals surface area contributed by atoms with Crippen LogP contribution in [0.15, 0.2) is 35.4 Å². The molecule has 7 heteroatoms. The Hall–Kier alpha value is -2.25. The van der Waals surface area contributed by atoms with E-state index in [1.54, 1.807) is 25.4 Å². The van der Waals surface area contributed by atoms with Crippen molar-refractivity contribution in [3.63, 3.8) is 0 Å². The maximum absolute atomic E-state index is 11.8. The lowest BCUT2D eigenvalue weighted by atomic mass is 9.96. The monoisotopic (exact) mass is 398 g/mol. The van der Waals surface area contributed by atoms with Crippen molar-refractivity contribution in [2.45, 2.75) is 55.5 Å². The van der Waals surface area contributed by atoms with Gasteiger partial charge in [0.2, 0.25) is 0 Å². The average Bonchev–Trinajstić information content (AvgIpc) is 3.14. The van der Waals surface area contributed by atoms with E-state index in [9.17, 15) is 4.79 Å². The summed E-state index contributed by atoms with van der Waals surface area (Å²) in [5.41, 5.74) is 2.78. The summed E-state index contributed by atoms with van der Waals surface area (Å²) >= 11 is 1.81. The van der Waals surface area contributed by atoms with Gasteiger partial charge in [0.25, 0.3) is 5.91 Å². The summed E-state index contributed by atoms with van der Waals surface area (Å²) in [6.45, 7) is 2.08. The SMILES string of the molecule is CNC(=O)c1cc(Oc2ccc3c(c2C)SC(NC2CCCCC2)N3)ccn1. The fraction of sp³-hybridized carbons (Fsp3) is 0.429. The van der Waals surface area contributed by atoms with Crippen LogP contribution in [0, 0.1) is 6.92 Å². The summed E-state index contributed by atoms with van der Waals surface area (Å²) in [4.78, 5) is 17.1. The highest BCUT2D eigenvalue weighted by molar-refractivity contribution is 8.00. The third kappa shape index (κ3) is 4.10. The van der Waals surface area contributed by atoms with Gasteiger partial charge in [-0.05, 0) is 38.0 Å². The van der Waals surface area contributed by atoms with E-state index < -0.39 is 0 Å². The van der Waals surface area contributed by atoms with Crippen molar-refractivity contribution in [3.8, 4) is 11.5 Å². The molecule has 1 unspecified atom stereocenters. The van der Waals surface area contributed by atoms with E-state index >= 15 is 0 Å². The van der Waals surface area contributed by atoms with Crippen molar-refractivity contribution in [1.29, 1.82) is 0 Å². The molecule has 0 radical (unpaired) electrons. The Morgan fingerprint density at radius 3 is 2.86 bits per heavy atom. The van der Waals surface area contributed by atoms with Crippen molar-refractivity contribution in [3.05, 3.63) is 41.7 Å². The number of hydrogen-bond donors (Lipinski definition) is 3. The van der Waals surface area contributed by atoms with Crippen LogP contribution < -0.4 is 20.7 Å². The molecule has 6 nitrogen and oxygen atoms in total. The van der Waals surface area contributed by atoms with Gasteiger partial charge in [0.15, 0.2) is 0 Å². The van der Waals surface area contributed by atoms with Gasteiger partial charge in [0.1, 0.15) is 22.7 Å². The maximum Gasteiger partial charge on any atom is 0.269 e. The van der Waals surface area contributed by atoms with E-state index in [-0.39, 0.29) is 11.4 Å². The normalized spacial score (nSPS) is 19.0. The van der Waals surface area contributed by atoms with Crippen LogP contribution in [0.25, 0.3) is 0 Å². The predicted molar refractivity (Wildman–Crippen MR) is 112 cm³/mol. The molecule has 3 N–H and O–H groups in total. The first-order valence-corrected chi connectivity index (χ1v) is 10.7. The summed E-state index contributed by atoms with van der Waals surface area (Å²) in [6, 6.07) is 8.06. The summed E-state index contributed by atoms with van der Waals surface area (Å²) < 4.78 is 6.07. The molecule has 1 amide bonds. The highest BCUT2D eigenvalue weighted by Crippen LogP contribution is 2.44. The summed E-state index contributed by atoms with van der Waals surface area (Å²) in [6.07, 6.45) is 8.12. The third-order valence-corrected chi connectivity index (χ3v) is 6.54. The summed E-state index contributed by atoms with van der Waals surface area (Å²) in [5.74, 6) is 1.16. The number of nitrogens with one attached hydrogen (secondary N) is 3. The van der Waals surface area contributed by atoms with Crippen molar-refractivity contribution < 1.29 is 9.53 Å². The molecular formula is C21H26N4O2S. The first-order chi connectivity index (χ1) is 13.6. The van der Waals surface area contributed by atoms with Gasteiger partial charge in [-0.25, -0.2) is 0 Å². The first kappa shape index (κ1) is 19.1. The number of amides is 1. The molecule has 2 aromatic rings. The summed E-state index contributed by atoms with van der Waals surface area (Å²) in [5, 5.41) is 9.90. The number of hydrogen-bond acceptors (Lipinski definition) is 6. The summed E-state index contributed by atoms with van der Waals surface area (Å²) in [7, 11) is 1.59. The highest BCUT2D eigenvalue weighted by Gasteiger charge is 2.27. The van der Waals surface area contributed by atoms with Crippen LogP contribution in [-0.4, -0.2) is 29.5 Å². The average molecular weight is 399 g/mol. The van der Waals surface area contributed by atoms with E-state index in [1.165, 1.54) is 37.0 Å². The molecule has 0 bridgehead atoms. The van der Waals surface area contributed by atoms with E-state index in [4.69, 9.17) is 4.74 Å². The largest absolute Gasteiger partial charge is 0.457 e. The van der Waals surface area contributed by atoms with E-state index in [2.05, 4.69) is 33.9 Å². The fourth-order valence-electron chi connectivity index (χ4n) is 3.75. The molecule has 2 heterocycles. The number of carbonyl (C=O) groups excluding carboxylic acids is 1. The lowest BCUT2D eigenvalue weighted by Crippen LogP contribution is -2.40. The van der Waals surface area contributed by atoms with Gasteiger partial charge in [0.05, 0.1) is 5.69 Å². The van der Waals surface area contributed by atoms with Crippen LogP contribution in [0.5, 0.6) is 11.5 Å². The molecular weight excluding hydrogens is 372 g/mol. The molecule has 0 spiro atoms. The van der Waals surface area contributed by atoms with Gasteiger partial charge in [-0.1, -0.05) is 31.0 Å². The van der Waals surface area contributed by atoms with Crippen molar-refractivity contribution >= 4 is 23.4 Å². The van der Waals surface area contributed by atoms with Gasteiger partial charge >= 0.3 is 0 Å². The Bertz CT molecular complexity index is 867. The Morgan fingerprint density at radius 2 is 2.07 bits per heavy atom. The van der Waals surface area contributed by atoms with Gasteiger partial charge in [-0.15, -0.1) is 0 Å². The van der Waals surface area contributed by atoms with Crippen LogP contribution >= 0.6 is 11.8 Å². The lowest BCUT2D eigenvalue weighted by Gasteiger charge is -2.26. The van der Waals surface area contributed by atoms with E-state index in [0.717, 1.165) is 17.0 Å². The smallest absolute Gasteiger partial charge is 0.269 e. The molecule has 4 rings (SSSR count). The van der Waals surface area contributed by atoms with E-state index in [1.807, 2.05) is 17.8 Å². The number of pyridine rings is 1. The second-order valence-corrected chi connectivity index (χ2v) is 8.38. The Balaban J connectivity index is 1.47. The number of benzene rings is 1. The lowest BCUT2D eigenvalue weighted by molar-refractivity contribution is 0.0958. The standard InChI is InChI=1S/C21H26N4O2S/c1-13-18(27-15-10-11-23-17(12-15)20(26)22-2)9-8-16-19(13)28-21(25-16)24-14-6-4-3-5-7-14/h8-12,14,21,24-25H,3-7H2,1-2H3,(H,22,26). The number of carbonyl (C=O) groups is 1. The second kappa shape index (κ2) is 8.41. The zero-order valence-electron chi connectivity index (χ0n) is 16.2. The molecule has 1 saturated carbocycles. The van der Waals surface area contributed by atoms with Crippen LogP contribution in [0.1, 0.15) is 48.2 Å². The number of thioether (sulfide) groups is 1. The molecule has 1 aromatic carbocycles. The maximum atomic E-state index is 11.8. The van der Waals surface area contributed by atoms with Crippen LogP contribution in [0.4, 0.5) is 5.69 Å². The molecule has 0 saturated heterocycles. The Labute approximate surface area is 169 Å². The van der Waals surface area contributed by atoms with Gasteiger partial charge < -0.3 is 15.4 Å². The van der Waals surface area contributed by atoms with Crippen molar-refractivity contribution in [2.75, 3.05) is 12.4 Å². The number of anilines is 1. The molecule has 1 aromatic heterocycles. The number of nitrogens with zero attached hydrogens (tertiary/aromatic N) is 1. The molecule has 1 atom stereocenters. The number of ether oxygens (including phenoxy) is 1. The number of aromatic nitrogens is 1. The molecule has 1 aliphatic heterocycles. The molecule has 2 aliphatic rings. The zero-order valence-corrected chi connectivity index (χ0v) is 17.1. The van der Waals surface area contributed by atoms with E-state index in [0.29, 0.717) is 17.5 Å². The molecule has 148 valence electrons. The van der Waals surface area contributed by atoms with Gasteiger partial charge in [-0.2, -0.15) is 0 Å². The van der Waals surface area contributed by atoms with Gasteiger partial charge in [0, 0.05) is 35.8 Å². The third-order valence-electron chi connectivity index (χ3n) is 5.29. The van der Waals surface area contributed by atoms with Gasteiger partial charge in [-0.3, -0.25) is 15.1 Å². The van der Waals surface area contributed by atoms with Crippen LogP contribution in [0.2, 0.25) is 0 Å². The Morgan fingerprint density at radius 1 is 1.25 bits per heavy atom. The van der Waals surface area contributed by atoms with Crippen LogP contribution in [0.3, 0.4) is 0 Å². The number of rotatable bonds is 5. The van der Waals surface area contributed by atoms with Crippen molar-refractivity contribution in [2.24, 2.45) is 0 Å². The molecule has 1 aliphatic carbocycles. The minimum atomic E-state index is -0.229. The Kier molecular flexibility index (Phi) is 5.73. The fourth-order valence-corrected chi connectivity index (χ4v) is 4.96. The quantitative estimate of drug-likeness (QED) is 0.699.